The Hall–Kier alpha value is -4.01. The van der Waals surface area contributed by atoms with Gasteiger partial charge >= 0.3 is 11.9 Å². The van der Waals surface area contributed by atoms with Crippen molar-refractivity contribution in [1.82, 2.24) is 14.7 Å². The molecule has 2 heterocycles. The van der Waals surface area contributed by atoms with Crippen LogP contribution in [0.4, 0.5) is 0 Å². The first kappa shape index (κ1) is 30.0. The molecule has 8 nitrogen and oxygen atoms in total. The van der Waals surface area contributed by atoms with E-state index in [-0.39, 0.29) is 0 Å². The summed E-state index contributed by atoms with van der Waals surface area (Å²) in [5, 5.41) is 14.8. The summed E-state index contributed by atoms with van der Waals surface area (Å²) in [6.45, 7) is 7.09. The number of hydrogen-bond acceptors (Lipinski definition) is 5. The molecular formula is C33H39N3O5. The van der Waals surface area contributed by atoms with Gasteiger partial charge in [0, 0.05) is 51.6 Å². The van der Waals surface area contributed by atoms with Crippen molar-refractivity contribution in [1.29, 1.82) is 0 Å². The van der Waals surface area contributed by atoms with E-state index in [0.717, 1.165) is 58.7 Å². The lowest BCUT2D eigenvalue weighted by molar-refractivity contribution is -0.159. The molecule has 0 aromatic heterocycles. The average Bonchev–Trinajstić information content (AvgIpc) is 3.01. The molecule has 2 fully saturated rings. The molecule has 216 valence electrons. The molecule has 41 heavy (non-hydrogen) atoms. The minimum atomic E-state index is -1.82. The van der Waals surface area contributed by atoms with Crippen molar-refractivity contribution in [3.05, 3.63) is 108 Å². The first-order chi connectivity index (χ1) is 19.9. The van der Waals surface area contributed by atoms with Gasteiger partial charge in [-0.15, -0.1) is 0 Å². The van der Waals surface area contributed by atoms with E-state index in [9.17, 15) is 4.79 Å². The highest BCUT2D eigenvalue weighted by Gasteiger charge is 2.28. The summed E-state index contributed by atoms with van der Waals surface area (Å²) in [4.78, 5) is 38.1. The maximum atomic E-state index is 12.5. The van der Waals surface area contributed by atoms with E-state index < -0.39 is 11.9 Å². The van der Waals surface area contributed by atoms with Gasteiger partial charge in [-0.25, -0.2) is 9.59 Å². The third-order valence-electron chi connectivity index (χ3n) is 7.86. The minimum Gasteiger partial charge on any atom is -0.473 e. The number of hydrogen-bond donors (Lipinski definition) is 2. The molecule has 0 saturated carbocycles. The van der Waals surface area contributed by atoms with Crippen molar-refractivity contribution in [2.45, 2.75) is 31.2 Å². The van der Waals surface area contributed by atoms with Crippen LogP contribution in [-0.2, 0) is 14.4 Å². The zero-order valence-electron chi connectivity index (χ0n) is 23.3. The topological polar surface area (TPSA) is 101 Å². The van der Waals surface area contributed by atoms with Gasteiger partial charge in [-0.1, -0.05) is 91.0 Å². The maximum absolute atomic E-state index is 12.5. The predicted molar refractivity (Wildman–Crippen MR) is 158 cm³/mol. The molecule has 2 N–H and O–H groups in total. The van der Waals surface area contributed by atoms with Crippen molar-refractivity contribution in [3.63, 3.8) is 0 Å². The molecule has 8 heteroatoms. The van der Waals surface area contributed by atoms with Gasteiger partial charge in [-0.3, -0.25) is 9.69 Å². The number of nitrogens with zero attached hydrogens (tertiary/aromatic N) is 3. The molecule has 1 amide bonds. The first-order valence-corrected chi connectivity index (χ1v) is 14.3. The van der Waals surface area contributed by atoms with Crippen molar-refractivity contribution >= 4 is 17.8 Å². The molecule has 2 saturated heterocycles. The zero-order valence-corrected chi connectivity index (χ0v) is 23.3. The highest BCUT2D eigenvalue weighted by atomic mass is 16.4. The molecule has 1 atom stereocenters. The number of likely N-dealkylation sites (tertiary alicyclic amines) is 1. The highest BCUT2D eigenvalue weighted by molar-refractivity contribution is 6.27. The number of piperazine rings is 1. The second-order valence-corrected chi connectivity index (χ2v) is 10.6. The number of piperidine rings is 1. The summed E-state index contributed by atoms with van der Waals surface area (Å²) in [7, 11) is 0. The third kappa shape index (κ3) is 8.74. The Kier molecular flexibility index (Phi) is 11.0. The number of carboxylic acid groups (broad SMARTS) is 2. The smallest absolute Gasteiger partial charge is 0.414 e. The van der Waals surface area contributed by atoms with Gasteiger partial charge in [0.1, 0.15) is 0 Å². The van der Waals surface area contributed by atoms with Gasteiger partial charge in [0.2, 0.25) is 5.91 Å². The van der Waals surface area contributed by atoms with Gasteiger partial charge < -0.3 is 20.0 Å². The van der Waals surface area contributed by atoms with E-state index in [0.29, 0.717) is 24.3 Å². The second-order valence-electron chi connectivity index (χ2n) is 10.6. The van der Waals surface area contributed by atoms with E-state index in [2.05, 4.69) is 106 Å². The van der Waals surface area contributed by atoms with Crippen LogP contribution in [0.1, 0.15) is 47.9 Å². The lowest BCUT2D eigenvalue weighted by Gasteiger charge is -2.40. The van der Waals surface area contributed by atoms with E-state index in [1.165, 1.54) is 16.7 Å². The van der Waals surface area contributed by atoms with Crippen molar-refractivity contribution in [2.24, 2.45) is 0 Å². The van der Waals surface area contributed by atoms with Crippen LogP contribution >= 0.6 is 0 Å². The number of carbonyl (C=O) groups excluding carboxylic acids is 1. The molecule has 0 bridgehead atoms. The van der Waals surface area contributed by atoms with Crippen LogP contribution in [0.3, 0.4) is 0 Å². The van der Waals surface area contributed by atoms with Crippen LogP contribution in [0.15, 0.2) is 91.0 Å². The minimum absolute atomic E-state index is 0.306. The van der Waals surface area contributed by atoms with Gasteiger partial charge in [-0.2, -0.15) is 0 Å². The Balaban J connectivity index is 0.000000585. The van der Waals surface area contributed by atoms with Gasteiger partial charge in [0.25, 0.3) is 0 Å². The van der Waals surface area contributed by atoms with Gasteiger partial charge in [0.05, 0.1) is 6.04 Å². The SMILES string of the molecule is O=C(O)C(=O)O.O=C1CCC(c2ccccc2)CN1CCCN1CCN(C(c2ccccc2)c2ccccc2)CC1. The number of amides is 1. The van der Waals surface area contributed by atoms with Crippen LogP contribution in [0.5, 0.6) is 0 Å². The number of rotatable bonds is 8. The molecule has 5 rings (SSSR count). The zero-order chi connectivity index (χ0) is 29.0. The summed E-state index contributed by atoms with van der Waals surface area (Å²) in [6, 6.07) is 32.8. The Morgan fingerprint density at radius 1 is 0.732 bits per heavy atom. The number of carbonyl (C=O) groups is 3. The predicted octanol–water partition coefficient (Wildman–Crippen LogP) is 4.35. The van der Waals surface area contributed by atoms with Crippen molar-refractivity contribution in [3.8, 4) is 0 Å². The molecular weight excluding hydrogens is 518 g/mol. The van der Waals surface area contributed by atoms with Crippen molar-refractivity contribution < 1.29 is 24.6 Å². The standard InChI is InChI=1S/C31H37N3O.C2H2O4/c35-30-18-17-29(26-11-4-1-5-12-26)25-34(30)20-10-19-32-21-23-33(24-22-32)31(27-13-6-2-7-14-27)28-15-8-3-9-16-28;3-1(4)2(5)6/h1-9,11-16,29,31H,10,17-25H2;(H,3,4)(H,5,6). The van der Waals surface area contributed by atoms with E-state index >= 15 is 0 Å². The fourth-order valence-electron chi connectivity index (χ4n) is 5.74. The Labute approximate surface area is 241 Å². The van der Waals surface area contributed by atoms with Crippen LogP contribution in [0.2, 0.25) is 0 Å². The van der Waals surface area contributed by atoms with Crippen LogP contribution in [0.25, 0.3) is 0 Å². The monoisotopic (exact) mass is 557 g/mol. The van der Waals surface area contributed by atoms with Crippen molar-refractivity contribution in [2.75, 3.05) is 45.8 Å². The summed E-state index contributed by atoms with van der Waals surface area (Å²) in [5.41, 5.74) is 4.10. The molecule has 1 unspecified atom stereocenters. The Bertz CT molecular complexity index is 1200. The van der Waals surface area contributed by atoms with E-state index in [4.69, 9.17) is 19.8 Å². The summed E-state index contributed by atoms with van der Waals surface area (Å²) >= 11 is 0. The maximum Gasteiger partial charge on any atom is 0.414 e. The van der Waals surface area contributed by atoms with Gasteiger partial charge in [-0.05, 0) is 36.1 Å². The lowest BCUT2D eigenvalue weighted by atomic mass is 9.90. The molecule has 2 aliphatic rings. The molecule has 2 aliphatic heterocycles. The van der Waals surface area contributed by atoms with Crippen LogP contribution < -0.4 is 0 Å². The highest BCUT2D eigenvalue weighted by Crippen LogP contribution is 2.30. The molecule has 3 aromatic carbocycles. The molecule has 0 aliphatic carbocycles. The average molecular weight is 558 g/mol. The number of carboxylic acids is 2. The number of benzene rings is 3. The Morgan fingerprint density at radius 2 is 1.24 bits per heavy atom. The second kappa shape index (κ2) is 15.1. The summed E-state index contributed by atoms with van der Waals surface area (Å²) < 4.78 is 0. The lowest BCUT2D eigenvalue weighted by Crippen LogP contribution is -2.48. The largest absolute Gasteiger partial charge is 0.473 e. The molecule has 0 radical (unpaired) electrons. The third-order valence-corrected chi connectivity index (χ3v) is 7.86. The first-order valence-electron chi connectivity index (χ1n) is 14.3. The van der Waals surface area contributed by atoms with Crippen LogP contribution in [-0.4, -0.2) is 88.6 Å². The summed E-state index contributed by atoms with van der Waals surface area (Å²) in [6.07, 6.45) is 2.71. The normalized spacial score (nSPS) is 18.0. The van der Waals surface area contributed by atoms with Crippen LogP contribution in [0, 0.1) is 0 Å². The van der Waals surface area contributed by atoms with E-state index in [1.54, 1.807) is 0 Å². The number of aliphatic carboxylic acids is 2. The summed E-state index contributed by atoms with van der Waals surface area (Å²) in [5.74, 6) is -2.84. The fourth-order valence-corrected chi connectivity index (χ4v) is 5.74. The quantitative estimate of drug-likeness (QED) is 0.397. The fraction of sp³-hybridized carbons (Fsp3) is 0.364. The van der Waals surface area contributed by atoms with Gasteiger partial charge in [0.15, 0.2) is 0 Å². The molecule has 3 aromatic rings. The Morgan fingerprint density at radius 3 is 1.76 bits per heavy atom. The molecule has 0 spiro atoms. The van der Waals surface area contributed by atoms with E-state index in [1.807, 2.05) is 0 Å².